The van der Waals surface area contributed by atoms with E-state index in [1.54, 1.807) is 0 Å². The van der Waals surface area contributed by atoms with Crippen LogP contribution in [-0.4, -0.2) is 49.2 Å². The van der Waals surface area contributed by atoms with Crippen LogP contribution in [0.3, 0.4) is 0 Å². The van der Waals surface area contributed by atoms with Gasteiger partial charge < -0.3 is 10.1 Å². The number of piperidine rings is 1. The highest BCUT2D eigenvalue weighted by Crippen LogP contribution is 2.24. The van der Waals surface area contributed by atoms with Crippen molar-refractivity contribution in [2.45, 2.75) is 44.2 Å². The zero-order valence-corrected chi connectivity index (χ0v) is 10.4. The van der Waals surface area contributed by atoms with Crippen molar-refractivity contribution < 1.29 is 9.53 Å². The molecule has 1 N–H and O–H groups in total. The van der Waals surface area contributed by atoms with Gasteiger partial charge >= 0.3 is 5.97 Å². The Morgan fingerprint density at radius 3 is 2.53 bits per heavy atom. The quantitative estimate of drug-likeness (QED) is 0.734. The van der Waals surface area contributed by atoms with E-state index < -0.39 is 0 Å². The number of nitrogens with zero attached hydrogens (tertiary/aromatic N) is 1. The first kappa shape index (κ1) is 11.5. The molecule has 3 aliphatic rings. The first-order valence-corrected chi connectivity index (χ1v) is 6.97. The lowest BCUT2D eigenvalue weighted by Gasteiger charge is -2.34. The number of likely N-dealkylation sites (tertiary alicyclic amines) is 1. The van der Waals surface area contributed by atoms with Crippen LogP contribution in [0.4, 0.5) is 0 Å². The molecule has 3 fully saturated rings. The summed E-state index contributed by atoms with van der Waals surface area (Å²) in [5, 5.41) is 3.61. The molecule has 0 aromatic rings. The first-order valence-electron chi connectivity index (χ1n) is 6.97. The van der Waals surface area contributed by atoms with Gasteiger partial charge in [-0.2, -0.15) is 0 Å². The number of ether oxygens (including phenoxy) is 1. The zero-order valence-electron chi connectivity index (χ0n) is 10.4. The molecule has 96 valence electrons. The monoisotopic (exact) mass is 238 g/mol. The predicted octanol–water partition coefficient (Wildman–Crippen LogP) is 0.766. The summed E-state index contributed by atoms with van der Waals surface area (Å²) < 4.78 is 5.04. The maximum atomic E-state index is 11.5. The highest BCUT2D eigenvalue weighted by Gasteiger charge is 2.34. The smallest absolute Gasteiger partial charge is 0.323 e. The molecule has 0 radical (unpaired) electrons. The lowest BCUT2D eigenvalue weighted by atomic mass is 9.95. The second kappa shape index (κ2) is 4.94. The van der Waals surface area contributed by atoms with Gasteiger partial charge in [0.15, 0.2) is 0 Å². The Kier molecular flexibility index (Phi) is 3.34. The van der Waals surface area contributed by atoms with Crippen molar-refractivity contribution in [3.63, 3.8) is 0 Å². The first-order chi connectivity index (χ1) is 8.33. The minimum absolute atomic E-state index is 0.000412. The number of carbonyl (C=O) groups is 1. The number of nitrogens with one attached hydrogen (secondary N) is 1. The van der Waals surface area contributed by atoms with Gasteiger partial charge in [0.2, 0.25) is 0 Å². The average molecular weight is 238 g/mol. The van der Waals surface area contributed by atoms with E-state index in [9.17, 15) is 4.79 Å². The summed E-state index contributed by atoms with van der Waals surface area (Å²) in [4.78, 5) is 13.8. The van der Waals surface area contributed by atoms with Gasteiger partial charge in [-0.25, -0.2) is 0 Å². The largest absolute Gasteiger partial charge is 0.464 e. The fraction of sp³-hybridized carbons (Fsp3) is 0.923. The molecule has 3 rings (SSSR count). The summed E-state index contributed by atoms with van der Waals surface area (Å²) in [6.07, 6.45) is 6.08. The Balaban J connectivity index is 1.41. The van der Waals surface area contributed by atoms with Crippen molar-refractivity contribution in [3.05, 3.63) is 0 Å². The van der Waals surface area contributed by atoms with Crippen LogP contribution < -0.4 is 5.32 Å². The predicted molar refractivity (Wildman–Crippen MR) is 64.7 cm³/mol. The molecule has 0 aromatic carbocycles. The number of esters is 1. The molecule has 0 spiro atoms. The lowest BCUT2D eigenvalue weighted by Crippen LogP contribution is -2.45. The van der Waals surface area contributed by atoms with Crippen LogP contribution in [0.15, 0.2) is 0 Å². The van der Waals surface area contributed by atoms with E-state index in [2.05, 4.69) is 10.2 Å². The van der Waals surface area contributed by atoms with Crippen LogP contribution >= 0.6 is 0 Å². The van der Waals surface area contributed by atoms with Crippen LogP contribution in [-0.2, 0) is 9.53 Å². The third kappa shape index (κ3) is 2.80. The van der Waals surface area contributed by atoms with Crippen molar-refractivity contribution in [2.75, 3.05) is 26.2 Å². The molecule has 1 saturated carbocycles. The summed E-state index contributed by atoms with van der Waals surface area (Å²) in [6.45, 7) is 3.92. The van der Waals surface area contributed by atoms with Crippen LogP contribution in [0.2, 0.25) is 0 Å². The number of cyclic esters (lactones) is 1. The highest BCUT2D eigenvalue weighted by molar-refractivity contribution is 5.77. The van der Waals surface area contributed by atoms with Gasteiger partial charge in [-0.05, 0) is 51.2 Å². The van der Waals surface area contributed by atoms with E-state index in [0.29, 0.717) is 6.61 Å². The Hall–Kier alpha value is -0.610. The second-order valence-electron chi connectivity index (χ2n) is 5.63. The van der Waals surface area contributed by atoms with Gasteiger partial charge in [0, 0.05) is 12.5 Å². The van der Waals surface area contributed by atoms with E-state index in [4.69, 9.17) is 4.74 Å². The third-order valence-electron chi connectivity index (χ3n) is 4.27. The fourth-order valence-electron chi connectivity index (χ4n) is 2.91. The maximum Gasteiger partial charge on any atom is 0.323 e. The van der Waals surface area contributed by atoms with Crippen molar-refractivity contribution in [2.24, 2.45) is 5.92 Å². The molecule has 2 aliphatic heterocycles. The fourth-order valence-corrected chi connectivity index (χ4v) is 2.91. The van der Waals surface area contributed by atoms with E-state index in [-0.39, 0.29) is 12.0 Å². The van der Waals surface area contributed by atoms with Crippen molar-refractivity contribution in [3.8, 4) is 0 Å². The van der Waals surface area contributed by atoms with E-state index in [1.807, 2.05) is 0 Å². The number of rotatable bonds is 4. The summed E-state index contributed by atoms with van der Waals surface area (Å²) in [6, 6.07) is 0.880. The summed E-state index contributed by atoms with van der Waals surface area (Å²) in [7, 11) is 0. The molecule has 4 heteroatoms. The molecular formula is C13H22N2O2. The van der Waals surface area contributed by atoms with Gasteiger partial charge in [0.25, 0.3) is 0 Å². The van der Waals surface area contributed by atoms with Crippen LogP contribution in [0.5, 0.6) is 0 Å². The number of carbonyl (C=O) groups excluding carboxylic acids is 1. The van der Waals surface area contributed by atoms with Crippen molar-refractivity contribution in [1.29, 1.82) is 0 Å². The SMILES string of the molecule is O=C1OCCC1N1CCC(CNC2CC2)CC1. The van der Waals surface area contributed by atoms with Gasteiger partial charge in [0.1, 0.15) is 6.04 Å². The van der Waals surface area contributed by atoms with E-state index in [1.165, 1.54) is 32.2 Å². The Labute approximate surface area is 103 Å². The molecule has 2 saturated heterocycles. The molecule has 1 atom stereocenters. The average Bonchev–Trinajstić information content (AvgIpc) is 3.09. The molecule has 2 heterocycles. The van der Waals surface area contributed by atoms with Crippen LogP contribution in [0, 0.1) is 5.92 Å². The van der Waals surface area contributed by atoms with Gasteiger partial charge in [0.05, 0.1) is 6.61 Å². The van der Waals surface area contributed by atoms with Gasteiger partial charge in [-0.15, -0.1) is 0 Å². The number of hydrogen-bond donors (Lipinski definition) is 1. The van der Waals surface area contributed by atoms with Crippen LogP contribution in [0.1, 0.15) is 32.1 Å². The van der Waals surface area contributed by atoms with Gasteiger partial charge in [-0.1, -0.05) is 0 Å². The molecular weight excluding hydrogens is 216 g/mol. The summed E-state index contributed by atoms with van der Waals surface area (Å²) in [5.74, 6) is 0.809. The lowest BCUT2D eigenvalue weighted by molar-refractivity contribution is -0.142. The topological polar surface area (TPSA) is 41.6 Å². The molecule has 0 aromatic heterocycles. The molecule has 0 bridgehead atoms. The minimum Gasteiger partial charge on any atom is -0.464 e. The Bertz CT molecular complexity index is 283. The van der Waals surface area contributed by atoms with Crippen LogP contribution in [0.25, 0.3) is 0 Å². The molecule has 1 aliphatic carbocycles. The Morgan fingerprint density at radius 1 is 1.18 bits per heavy atom. The summed E-state index contributed by atoms with van der Waals surface area (Å²) >= 11 is 0. The normalized spacial score (nSPS) is 31.8. The highest BCUT2D eigenvalue weighted by atomic mass is 16.5. The second-order valence-corrected chi connectivity index (χ2v) is 5.63. The van der Waals surface area contributed by atoms with E-state index >= 15 is 0 Å². The minimum atomic E-state index is -0.000412. The Morgan fingerprint density at radius 2 is 1.94 bits per heavy atom. The van der Waals surface area contributed by atoms with E-state index in [0.717, 1.165) is 31.5 Å². The summed E-state index contributed by atoms with van der Waals surface area (Å²) in [5.41, 5.74) is 0. The standard InChI is InChI=1S/C13H22N2O2/c16-13-12(5-8-17-13)15-6-3-10(4-7-15)9-14-11-1-2-11/h10-12,14H,1-9H2. The number of hydrogen-bond acceptors (Lipinski definition) is 4. The molecule has 1 unspecified atom stereocenters. The molecule has 0 amide bonds. The zero-order chi connectivity index (χ0) is 11.7. The third-order valence-corrected chi connectivity index (χ3v) is 4.27. The molecule has 17 heavy (non-hydrogen) atoms. The van der Waals surface area contributed by atoms with Crippen molar-refractivity contribution >= 4 is 5.97 Å². The van der Waals surface area contributed by atoms with Gasteiger partial charge in [-0.3, -0.25) is 9.69 Å². The van der Waals surface area contributed by atoms with Crippen molar-refractivity contribution in [1.82, 2.24) is 10.2 Å². The molecule has 4 nitrogen and oxygen atoms in total. The maximum absolute atomic E-state index is 11.5.